The van der Waals surface area contributed by atoms with Gasteiger partial charge < -0.3 is 0 Å². The van der Waals surface area contributed by atoms with Gasteiger partial charge in [-0.05, 0) is 47.1 Å². The number of aromatic nitrogens is 2. The number of benzene rings is 1. The van der Waals surface area contributed by atoms with Gasteiger partial charge in [-0.15, -0.1) is 11.3 Å². The number of halogens is 1. The van der Waals surface area contributed by atoms with Gasteiger partial charge in [0, 0.05) is 6.54 Å². The summed E-state index contributed by atoms with van der Waals surface area (Å²) >= 11 is 4.64. The molecule has 0 aliphatic rings. The maximum absolute atomic E-state index is 12.5. The molecule has 2 N–H and O–H groups in total. The number of para-hydroxylation sites is 1. The number of hydrogen-bond donors (Lipinski definition) is 2. The van der Waals surface area contributed by atoms with Crippen LogP contribution in [0.2, 0.25) is 0 Å². The minimum absolute atomic E-state index is 0.145. The van der Waals surface area contributed by atoms with E-state index in [1.54, 1.807) is 30.3 Å². The highest BCUT2D eigenvalue weighted by Crippen LogP contribution is 2.21. The monoisotopic (exact) mass is 392 g/mol. The maximum Gasteiger partial charge on any atom is 0.279 e. The Hall–Kier alpha value is -2.19. The van der Waals surface area contributed by atoms with Gasteiger partial charge in [0.1, 0.15) is 0 Å². The van der Waals surface area contributed by atoms with E-state index in [9.17, 15) is 9.59 Å². The minimum atomic E-state index is -0.286. The standard InChI is InChI=1S/C15H13BrN4O2S/c1-2-20-14(22)9-5-3-4-6-10(9)17-15(20)19-18-13(21)11-7-8-12(16)23-11/h3-8H,2H2,1H3,(H,17,19)(H,18,21). The molecule has 0 saturated heterocycles. The molecule has 3 rings (SSSR count). The third-order valence-corrected chi connectivity index (χ3v) is 4.89. The first-order chi connectivity index (χ1) is 11.1. The largest absolute Gasteiger partial charge is 0.279 e. The van der Waals surface area contributed by atoms with Crippen molar-refractivity contribution in [2.75, 3.05) is 5.43 Å². The summed E-state index contributed by atoms with van der Waals surface area (Å²) in [6.45, 7) is 2.29. The molecule has 0 radical (unpaired) electrons. The highest BCUT2D eigenvalue weighted by atomic mass is 79.9. The Morgan fingerprint density at radius 2 is 2.09 bits per heavy atom. The predicted octanol–water partition coefficient (Wildman–Crippen LogP) is 3.00. The van der Waals surface area contributed by atoms with Crippen LogP contribution in [0.3, 0.4) is 0 Å². The van der Waals surface area contributed by atoms with Gasteiger partial charge in [0.05, 0.1) is 19.6 Å². The fourth-order valence-electron chi connectivity index (χ4n) is 2.17. The maximum atomic E-state index is 12.5. The zero-order chi connectivity index (χ0) is 16.4. The van der Waals surface area contributed by atoms with E-state index in [4.69, 9.17) is 0 Å². The highest BCUT2D eigenvalue weighted by Gasteiger charge is 2.12. The summed E-state index contributed by atoms with van der Waals surface area (Å²) in [6, 6.07) is 10.6. The number of hydrazine groups is 1. The van der Waals surface area contributed by atoms with Crippen LogP contribution in [0.1, 0.15) is 16.6 Å². The molecule has 0 aliphatic heterocycles. The zero-order valence-corrected chi connectivity index (χ0v) is 14.6. The van der Waals surface area contributed by atoms with Crippen LogP contribution in [0, 0.1) is 0 Å². The van der Waals surface area contributed by atoms with Crippen molar-refractivity contribution in [3.8, 4) is 0 Å². The Balaban J connectivity index is 1.90. The van der Waals surface area contributed by atoms with Gasteiger partial charge in [0.15, 0.2) is 0 Å². The van der Waals surface area contributed by atoms with Gasteiger partial charge in [-0.25, -0.2) is 4.98 Å². The highest BCUT2D eigenvalue weighted by molar-refractivity contribution is 9.11. The molecule has 2 heterocycles. The lowest BCUT2D eigenvalue weighted by molar-refractivity contribution is 0.0966. The van der Waals surface area contributed by atoms with Crippen LogP contribution in [0.5, 0.6) is 0 Å². The van der Waals surface area contributed by atoms with Gasteiger partial charge in [-0.1, -0.05) is 12.1 Å². The van der Waals surface area contributed by atoms with E-state index >= 15 is 0 Å². The number of fused-ring (bicyclic) bond motifs is 1. The van der Waals surface area contributed by atoms with Gasteiger partial charge in [0.25, 0.3) is 11.5 Å². The number of rotatable bonds is 4. The van der Waals surface area contributed by atoms with Crippen molar-refractivity contribution in [1.82, 2.24) is 15.0 Å². The molecule has 0 atom stereocenters. The number of nitrogens with zero attached hydrogens (tertiary/aromatic N) is 2. The van der Waals surface area contributed by atoms with E-state index < -0.39 is 0 Å². The lowest BCUT2D eigenvalue weighted by atomic mass is 10.2. The van der Waals surface area contributed by atoms with Crippen LogP contribution >= 0.6 is 27.3 Å². The van der Waals surface area contributed by atoms with Crippen molar-refractivity contribution < 1.29 is 4.79 Å². The van der Waals surface area contributed by atoms with Crippen molar-refractivity contribution >= 4 is 50.0 Å². The van der Waals surface area contributed by atoms with Crippen molar-refractivity contribution in [3.63, 3.8) is 0 Å². The lowest BCUT2D eigenvalue weighted by Crippen LogP contribution is -2.34. The summed E-state index contributed by atoms with van der Waals surface area (Å²) in [4.78, 5) is 29.5. The molecule has 6 nitrogen and oxygen atoms in total. The van der Waals surface area contributed by atoms with Gasteiger partial charge >= 0.3 is 0 Å². The molecule has 2 aromatic heterocycles. The van der Waals surface area contributed by atoms with Crippen molar-refractivity contribution in [3.05, 3.63) is 55.4 Å². The number of thiophene rings is 1. The first kappa shape index (κ1) is 15.7. The summed E-state index contributed by atoms with van der Waals surface area (Å²) in [5.41, 5.74) is 5.76. The van der Waals surface area contributed by atoms with E-state index in [1.165, 1.54) is 15.9 Å². The lowest BCUT2D eigenvalue weighted by Gasteiger charge is -2.13. The van der Waals surface area contributed by atoms with Crippen LogP contribution in [-0.2, 0) is 6.54 Å². The van der Waals surface area contributed by atoms with Crippen molar-refractivity contribution in [2.24, 2.45) is 0 Å². The van der Waals surface area contributed by atoms with Crippen LogP contribution < -0.4 is 16.4 Å². The second kappa shape index (κ2) is 6.51. The number of amides is 1. The van der Waals surface area contributed by atoms with Crippen LogP contribution in [-0.4, -0.2) is 15.5 Å². The summed E-state index contributed by atoms with van der Waals surface area (Å²) < 4.78 is 2.35. The third kappa shape index (κ3) is 3.13. The molecule has 0 fully saturated rings. The Labute approximate surface area is 144 Å². The van der Waals surface area contributed by atoms with Crippen LogP contribution in [0.25, 0.3) is 10.9 Å². The molecular weight excluding hydrogens is 380 g/mol. The molecule has 0 bridgehead atoms. The summed E-state index contributed by atoms with van der Waals surface area (Å²) in [5, 5.41) is 0.549. The summed E-state index contributed by atoms with van der Waals surface area (Å²) in [6.07, 6.45) is 0. The molecule has 0 unspecified atom stereocenters. The summed E-state index contributed by atoms with van der Waals surface area (Å²) in [7, 11) is 0. The molecule has 23 heavy (non-hydrogen) atoms. The zero-order valence-electron chi connectivity index (χ0n) is 12.2. The Morgan fingerprint density at radius 3 is 2.78 bits per heavy atom. The topological polar surface area (TPSA) is 76.0 Å². The summed E-state index contributed by atoms with van der Waals surface area (Å²) in [5.74, 6) is 0.0194. The van der Waals surface area contributed by atoms with E-state index in [2.05, 4.69) is 31.8 Å². The average Bonchev–Trinajstić information content (AvgIpc) is 2.99. The average molecular weight is 393 g/mol. The normalized spacial score (nSPS) is 10.7. The molecule has 0 saturated carbocycles. The van der Waals surface area contributed by atoms with Crippen LogP contribution in [0.15, 0.2) is 45.0 Å². The van der Waals surface area contributed by atoms with Gasteiger partial charge in [-0.3, -0.25) is 25.0 Å². The number of hydrogen-bond acceptors (Lipinski definition) is 5. The van der Waals surface area contributed by atoms with E-state index in [-0.39, 0.29) is 11.5 Å². The molecule has 0 aliphatic carbocycles. The fourth-order valence-corrected chi connectivity index (χ4v) is 3.45. The third-order valence-electron chi connectivity index (χ3n) is 3.26. The van der Waals surface area contributed by atoms with Gasteiger partial charge in [-0.2, -0.15) is 0 Å². The van der Waals surface area contributed by atoms with E-state index in [0.29, 0.717) is 28.3 Å². The molecule has 3 aromatic rings. The first-order valence-electron chi connectivity index (χ1n) is 6.91. The second-order valence-electron chi connectivity index (χ2n) is 4.68. The molecule has 1 aromatic carbocycles. The number of carbonyl (C=O) groups is 1. The Kier molecular flexibility index (Phi) is 4.44. The SMILES string of the molecule is CCn1c(NNC(=O)c2ccc(Br)s2)nc2ccccc2c1=O. The molecule has 118 valence electrons. The van der Waals surface area contributed by atoms with Crippen molar-refractivity contribution in [1.29, 1.82) is 0 Å². The first-order valence-corrected chi connectivity index (χ1v) is 8.52. The Morgan fingerprint density at radius 1 is 1.30 bits per heavy atom. The van der Waals surface area contributed by atoms with E-state index in [1.807, 2.05) is 13.0 Å². The quantitative estimate of drug-likeness (QED) is 0.669. The minimum Gasteiger partial charge on any atom is -0.277 e. The molecule has 1 amide bonds. The van der Waals surface area contributed by atoms with Gasteiger partial charge in [0.2, 0.25) is 5.95 Å². The second-order valence-corrected chi connectivity index (χ2v) is 7.15. The fraction of sp³-hybridized carbons (Fsp3) is 0.133. The number of nitrogens with one attached hydrogen (secondary N) is 2. The molecular formula is C15H13BrN4O2S. The Bertz CT molecular complexity index is 935. The molecule has 0 spiro atoms. The van der Waals surface area contributed by atoms with E-state index in [0.717, 1.165) is 3.79 Å². The smallest absolute Gasteiger partial charge is 0.277 e. The predicted molar refractivity (Wildman–Crippen MR) is 94.8 cm³/mol. The van der Waals surface area contributed by atoms with Crippen molar-refractivity contribution in [2.45, 2.75) is 13.5 Å². The molecule has 8 heteroatoms. The van der Waals surface area contributed by atoms with Crippen LogP contribution in [0.4, 0.5) is 5.95 Å². The number of carbonyl (C=O) groups excluding carboxylic acids is 1. The number of anilines is 1.